The van der Waals surface area contributed by atoms with Gasteiger partial charge in [-0.25, -0.2) is 9.97 Å². The first-order valence-corrected chi connectivity index (χ1v) is 11.3. The molecule has 0 spiro atoms. The van der Waals surface area contributed by atoms with Crippen molar-refractivity contribution in [3.63, 3.8) is 0 Å². The van der Waals surface area contributed by atoms with Gasteiger partial charge in [-0.05, 0) is 30.5 Å². The number of benzene rings is 1. The van der Waals surface area contributed by atoms with Crippen molar-refractivity contribution in [1.82, 2.24) is 19.8 Å². The molecule has 1 N–H and O–H groups in total. The van der Waals surface area contributed by atoms with Crippen LogP contribution in [0, 0.1) is 0 Å². The van der Waals surface area contributed by atoms with Crippen molar-refractivity contribution < 1.29 is 14.3 Å². The molecule has 1 unspecified atom stereocenters. The Morgan fingerprint density at radius 2 is 2.09 bits per heavy atom. The number of nitrogens with one attached hydrogen (secondary N) is 1. The standard InChI is InChI=1S/C24H33N5O3/c1-16(30)29-10-5-6-21(29)24-26-20-9-11-28(14-19(20)23(25-2)27-24)13-18-12-17(15-31-3)7-8-22(18)32-4/h7-8,12,21H,5-6,9-11,13-15H2,1-4H3,(H,25,26,27). The summed E-state index contributed by atoms with van der Waals surface area (Å²) in [6, 6.07) is 6.19. The van der Waals surface area contributed by atoms with Crippen LogP contribution >= 0.6 is 0 Å². The van der Waals surface area contributed by atoms with Crippen LogP contribution < -0.4 is 10.1 Å². The van der Waals surface area contributed by atoms with Gasteiger partial charge in [0.2, 0.25) is 5.91 Å². The number of amides is 1. The van der Waals surface area contributed by atoms with Crippen LogP contribution in [-0.2, 0) is 35.6 Å². The van der Waals surface area contributed by atoms with E-state index in [2.05, 4.69) is 16.3 Å². The van der Waals surface area contributed by atoms with Crippen LogP contribution in [0.25, 0.3) is 0 Å². The summed E-state index contributed by atoms with van der Waals surface area (Å²) >= 11 is 0. The Kier molecular flexibility index (Phi) is 6.91. The Morgan fingerprint density at radius 3 is 2.81 bits per heavy atom. The van der Waals surface area contributed by atoms with Crippen molar-refractivity contribution in [3.05, 3.63) is 46.4 Å². The highest BCUT2D eigenvalue weighted by Gasteiger charge is 2.32. The number of nitrogens with zero attached hydrogens (tertiary/aromatic N) is 4. The highest BCUT2D eigenvalue weighted by Crippen LogP contribution is 2.33. The molecule has 0 saturated carbocycles. The number of fused-ring (bicyclic) bond motifs is 1. The average Bonchev–Trinajstić information content (AvgIpc) is 3.29. The summed E-state index contributed by atoms with van der Waals surface area (Å²) in [5.41, 5.74) is 4.52. The lowest BCUT2D eigenvalue weighted by molar-refractivity contribution is -0.129. The molecule has 1 aromatic heterocycles. The normalized spacial score (nSPS) is 18.5. The number of carbonyl (C=O) groups excluding carboxylic acids is 1. The predicted molar refractivity (Wildman–Crippen MR) is 122 cm³/mol. The van der Waals surface area contributed by atoms with Crippen molar-refractivity contribution in [2.45, 2.75) is 51.9 Å². The first kappa shape index (κ1) is 22.5. The summed E-state index contributed by atoms with van der Waals surface area (Å²) in [5, 5.41) is 3.27. The first-order chi connectivity index (χ1) is 15.5. The number of anilines is 1. The van der Waals surface area contributed by atoms with Crippen LogP contribution in [0.1, 0.15) is 54.0 Å². The summed E-state index contributed by atoms with van der Waals surface area (Å²) in [4.78, 5) is 26.1. The number of hydrogen-bond acceptors (Lipinski definition) is 7. The number of hydrogen-bond donors (Lipinski definition) is 1. The second-order valence-electron chi connectivity index (χ2n) is 8.52. The molecular weight excluding hydrogens is 406 g/mol. The van der Waals surface area contributed by atoms with E-state index in [1.165, 1.54) is 0 Å². The molecule has 1 atom stereocenters. The number of rotatable bonds is 7. The topological polar surface area (TPSA) is 79.8 Å². The molecule has 8 nitrogen and oxygen atoms in total. The molecule has 1 fully saturated rings. The molecule has 1 amide bonds. The smallest absolute Gasteiger partial charge is 0.220 e. The van der Waals surface area contributed by atoms with Gasteiger partial charge in [0.25, 0.3) is 0 Å². The summed E-state index contributed by atoms with van der Waals surface area (Å²) < 4.78 is 10.9. The van der Waals surface area contributed by atoms with Crippen molar-refractivity contribution in [2.24, 2.45) is 0 Å². The van der Waals surface area contributed by atoms with E-state index in [1.807, 2.05) is 24.1 Å². The molecule has 172 valence electrons. The number of methoxy groups -OCH3 is 2. The average molecular weight is 440 g/mol. The van der Waals surface area contributed by atoms with Gasteiger partial charge in [0.1, 0.15) is 11.6 Å². The summed E-state index contributed by atoms with van der Waals surface area (Å²) in [6.45, 7) is 5.46. The minimum absolute atomic E-state index is 0.0179. The molecule has 0 radical (unpaired) electrons. The fourth-order valence-electron chi connectivity index (χ4n) is 4.84. The van der Waals surface area contributed by atoms with Gasteiger partial charge in [-0.15, -0.1) is 0 Å². The van der Waals surface area contributed by atoms with Gasteiger partial charge in [0.15, 0.2) is 5.82 Å². The molecule has 3 heterocycles. The van der Waals surface area contributed by atoms with Gasteiger partial charge in [-0.2, -0.15) is 0 Å². The van der Waals surface area contributed by atoms with Crippen LogP contribution in [0.3, 0.4) is 0 Å². The Balaban J connectivity index is 1.57. The molecule has 4 rings (SSSR count). The lowest BCUT2D eigenvalue weighted by atomic mass is 10.0. The lowest BCUT2D eigenvalue weighted by Crippen LogP contribution is -2.33. The molecule has 2 aromatic rings. The fraction of sp³-hybridized carbons (Fsp3) is 0.542. The van der Waals surface area contributed by atoms with Gasteiger partial charge in [0, 0.05) is 64.8 Å². The third-order valence-corrected chi connectivity index (χ3v) is 6.40. The summed E-state index contributed by atoms with van der Waals surface area (Å²) in [5.74, 6) is 2.62. The zero-order chi connectivity index (χ0) is 22.7. The Bertz CT molecular complexity index is 963. The van der Waals surface area contributed by atoms with E-state index in [1.54, 1.807) is 21.1 Å². The second-order valence-corrected chi connectivity index (χ2v) is 8.52. The maximum atomic E-state index is 12.0. The fourth-order valence-corrected chi connectivity index (χ4v) is 4.84. The maximum Gasteiger partial charge on any atom is 0.220 e. The van der Waals surface area contributed by atoms with Crippen molar-refractivity contribution in [2.75, 3.05) is 39.7 Å². The van der Waals surface area contributed by atoms with E-state index >= 15 is 0 Å². The van der Waals surface area contributed by atoms with Gasteiger partial charge < -0.3 is 19.7 Å². The van der Waals surface area contributed by atoms with E-state index in [4.69, 9.17) is 19.4 Å². The Labute approximate surface area is 189 Å². The molecule has 0 aliphatic carbocycles. The van der Waals surface area contributed by atoms with E-state index in [0.29, 0.717) is 6.61 Å². The zero-order valence-electron chi connectivity index (χ0n) is 19.5. The molecule has 1 saturated heterocycles. The van der Waals surface area contributed by atoms with Crippen LogP contribution in [0.5, 0.6) is 5.75 Å². The van der Waals surface area contributed by atoms with E-state index in [0.717, 1.165) is 85.2 Å². The second kappa shape index (κ2) is 9.83. The lowest BCUT2D eigenvalue weighted by Gasteiger charge is -2.31. The molecule has 1 aromatic carbocycles. The van der Waals surface area contributed by atoms with E-state index < -0.39 is 0 Å². The van der Waals surface area contributed by atoms with Crippen molar-refractivity contribution >= 4 is 11.7 Å². The van der Waals surface area contributed by atoms with Gasteiger partial charge >= 0.3 is 0 Å². The number of aromatic nitrogens is 2. The highest BCUT2D eigenvalue weighted by atomic mass is 16.5. The minimum Gasteiger partial charge on any atom is -0.496 e. The highest BCUT2D eigenvalue weighted by molar-refractivity contribution is 5.74. The zero-order valence-corrected chi connectivity index (χ0v) is 19.5. The van der Waals surface area contributed by atoms with Crippen LogP contribution in [0.2, 0.25) is 0 Å². The Morgan fingerprint density at radius 1 is 1.25 bits per heavy atom. The molecule has 32 heavy (non-hydrogen) atoms. The van der Waals surface area contributed by atoms with E-state index in [-0.39, 0.29) is 11.9 Å². The third kappa shape index (κ3) is 4.56. The number of carbonyl (C=O) groups is 1. The quantitative estimate of drug-likeness (QED) is 0.711. The molecular formula is C24H33N5O3. The minimum atomic E-state index is -0.0179. The summed E-state index contributed by atoms with van der Waals surface area (Å²) in [7, 11) is 5.32. The van der Waals surface area contributed by atoms with Gasteiger partial charge in [-0.3, -0.25) is 9.69 Å². The monoisotopic (exact) mass is 439 g/mol. The SMILES string of the molecule is CNc1nc(C2CCCN2C(C)=O)nc2c1CN(Cc1cc(COC)ccc1OC)CC2. The largest absolute Gasteiger partial charge is 0.496 e. The Hall–Kier alpha value is -2.71. The van der Waals surface area contributed by atoms with Crippen molar-refractivity contribution in [3.8, 4) is 5.75 Å². The third-order valence-electron chi connectivity index (χ3n) is 6.40. The van der Waals surface area contributed by atoms with Gasteiger partial charge in [-0.1, -0.05) is 6.07 Å². The van der Waals surface area contributed by atoms with Gasteiger partial charge in [0.05, 0.1) is 25.5 Å². The van der Waals surface area contributed by atoms with E-state index in [9.17, 15) is 4.79 Å². The molecule has 2 aliphatic heterocycles. The molecule has 0 bridgehead atoms. The maximum absolute atomic E-state index is 12.0. The molecule has 2 aliphatic rings. The summed E-state index contributed by atoms with van der Waals surface area (Å²) in [6.07, 6.45) is 2.77. The van der Waals surface area contributed by atoms with Crippen LogP contribution in [-0.4, -0.2) is 60.0 Å². The first-order valence-electron chi connectivity index (χ1n) is 11.3. The molecule has 8 heteroatoms. The number of ether oxygens (including phenoxy) is 2. The number of likely N-dealkylation sites (tertiary alicyclic amines) is 1. The van der Waals surface area contributed by atoms with Crippen LogP contribution in [0.4, 0.5) is 5.82 Å². The van der Waals surface area contributed by atoms with Crippen molar-refractivity contribution in [1.29, 1.82) is 0 Å². The van der Waals surface area contributed by atoms with Crippen LogP contribution in [0.15, 0.2) is 18.2 Å². The predicted octanol–water partition coefficient (Wildman–Crippen LogP) is 2.92.